The second kappa shape index (κ2) is 12.3. The van der Waals surface area contributed by atoms with Crippen LogP contribution < -0.4 is 4.90 Å². The monoisotopic (exact) mass is 582 g/mol. The van der Waals surface area contributed by atoms with Gasteiger partial charge in [0.05, 0.1) is 12.0 Å². The third kappa shape index (κ3) is 6.48. The molecule has 2 saturated heterocycles. The molecule has 2 aliphatic rings. The fourth-order valence-electron chi connectivity index (χ4n) is 6.79. The molecule has 4 rings (SSSR count). The molecule has 6 nitrogen and oxygen atoms in total. The van der Waals surface area contributed by atoms with Gasteiger partial charge < -0.3 is 14.7 Å². The number of nitrogens with zero attached hydrogens (tertiary/aromatic N) is 4. The maximum absolute atomic E-state index is 14.9. The van der Waals surface area contributed by atoms with Gasteiger partial charge in [0.1, 0.15) is 11.6 Å². The summed E-state index contributed by atoms with van der Waals surface area (Å²) in [6.45, 7) is 21.8. The molecule has 42 heavy (non-hydrogen) atoms. The Kier molecular flexibility index (Phi) is 9.36. The Morgan fingerprint density at radius 2 is 1.55 bits per heavy atom. The summed E-state index contributed by atoms with van der Waals surface area (Å²) in [5.41, 5.74) is 4.83. The summed E-state index contributed by atoms with van der Waals surface area (Å²) in [5, 5.41) is 0. The van der Waals surface area contributed by atoms with E-state index in [1.54, 1.807) is 6.92 Å². The lowest BCUT2D eigenvalue weighted by Gasteiger charge is -2.41. The van der Waals surface area contributed by atoms with E-state index in [0.29, 0.717) is 44.8 Å². The average Bonchev–Trinajstić information content (AvgIpc) is 3.35. The number of hydrogen-bond acceptors (Lipinski definition) is 4. The molecule has 0 bridgehead atoms. The molecule has 8 heteroatoms. The summed E-state index contributed by atoms with van der Waals surface area (Å²) in [5.74, 6) is -1.85. The van der Waals surface area contributed by atoms with E-state index in [4.69, 9.17) is 0 Å². The minimum absolute atomic E-state index is 0.0337. The number of carbonyl (C=O) groups is 2. The molecule has 2 aromatic carbocycles. The van der Waals surface area contributed by atoms with Crippen molar-refractivity contribution in [2.45, 2.75) is 85.9 Å². The van der Waals surface area contributed by atoms with E-state index < -0.39 is 17.6 Å². The van der Waals surface area contributed by atoms with Gasteiger partial charge in [-0.1, -0.05) is 12.1 Å². The summed E-state index contributed by atoms with van der Waals surface area (Å²) in [6.07, 6.45) is 0. The fraction of sp³-hybridized carbons (Fsp3) is 0.588. The van der Waals surface area contributed by atoms with Crippen LogP contribution in [0.1, 0.15) is 82.7 Å². The molecular formula is C34H48F2N4O2. The van der Waals surface area contributed by atoms with Crippen molar-refractivity contribution in [2.75, 3.05) is 44.2 Å². The molecule has 0 radical (unpaired) electrons. The van der Waals surface area contributed by atoms with Crippen LogP contribution in [-0.4, -0.2) is 77.4 Å². The zero-order chi connectivity index (χ0) is 31.1. The van der Waals surface area contributed by atoms with Gasteiger partial charge in [-0.3, -0.25) is 14.5 Å². The minimum atomic E-state index is -0.610. The highest BCUT2D eigenvalue weighted by Crippen LogP contribution is 2.39. The molecule has 2 aromatic rings. The molecule has 230 valence electrons. The normalized spacial score (nSPS) is 20.8. The van der Waals surface area contributed by atoms with Gasteiger partial charge in [0.15, 0.2) is 0 Å². The first kappa shape index (κ1) is 31.9. The Labute approximate surface area is 250 Å². The second-order valence-corrected chi connectivity index (χ2v) is 13.5. The number of piperazine rings is 1. The first-order valence-corrected chi connectivity index (χ1v) is 15.2. The van der Waals surface area contributed by atoms with Gasteiger partial charge in [0.2, 0.25) is 11.8 Å². The lowest BCUT2D eigenvalue weighted by molar-refractivity contribution is -0.136. The van der Waals surface area contributed by atoms with E-state index in [9.17, 15) is 18.4 Å². The third-order valence-electron chi connectivity index (χ3n) is 9.31. The zero-order valence-electron chi connectivity index (χ0n) is 26.8. The topological polar surface area (TPSA) is 47.1 Å². The number of likely N-dealkylation sites (tertiary alicyclic amines) is 1. The largest absolute Gasteiger partial charge is 0.368 e. The molecule has 0 aromatic heterocycles. The van der Waals surface area contributed by atoms with Gasteiger partial charge in [-0.05, 0) is 89.8 Å². The van der Waals surface area contributed by atoms with Gasteiger partial charge in [-0.25, -0.2) is 8.78 Å². The molecule has 2 aliphatic heterocycles. The van der Waals surface area contributed by atoms with E-state index in [1.165, 1.54) is 23.3 Å². The second-order valence-electron chi connectivity index (χ2n) is 13.5. The smallest absolute Gasteiger partial charge is 0.227 e. The van der Waals surface area contributed by atoms with Crippen molar-refractivity contribution in [1.82, 2.24) is 14.7 Å². The number of aryl methyl sites for hydroxylation is 2. The van der Waals surface area contributed by atoms with E-state index in [1.807, 2.05) is 23.6 Å². The van der Waals surface area contributed by atoms with Crippen LogP contribution in [0.4, 0.5) is 14.5 Å². The minimum Gasteiger partial charge on any atom is -0.368 e. The number of halogens is 2. The Morgan fingerprint density at radius 3 is 2.10 bits per heavy atom. The number of anilines is 1. The predicted octanol–water partition coefficient (Wildman–Crippen LogP) is 6.06. The van der Waals surface area contributed by atoms with Crippen molar-refractivity contribution in [1.29, 1.82) is 0 Å². The molecule has 2 heterocycles. The van der Waals surface area contributed by atoms with E-state index >= 15 is 0 Å². The number of rotatable bonds is 6. The summed E-state index contributed by atoms with van der Waals surface area (Å²) in [7, 11) is 0. The number of benzene rings is 2. The molecule has 2 amide bonds. The Balaban J connectivity index is 1.56. The van der Waals surface area contributed by atoms with Gasteiger partial charge in [0.25, 0.3) is 0 Å². The van der Waals surface area contributed by atoms with Gasteiger partial charge in [-0.15, -0.1) is 0 Å². The molecule has 2 fully saturated rings. The molecule has 0 aliphatic carbocycles. The van der Waals surface area contributed by atoms with Crippen LogP contribution in [0, 0.1) is 31.4 Å². The van der Waals surface area contributed by atoms with Crippen molar-refractivity contribution in [3.63, 3.8) is 0 Å². The first-order chi connectivity index (χ1) is 19.6. The van der Waals surface area contributed by atoms with E-state index in [-0.39, 0.29) is 35.4 Å². The highest BCUT2D eigenvalue weighted by molar-refractivity contribution is 5.81. The number of hydrogen-bond donors (Lipinski definition) is 0. The van der Waals surface area contributed by atoms with Crippen LogP contribution >= 0.6 is 0 Å². The standard InChI is InChI=1S/C34H48F2N4O2/c1-21(2)40(25(6)41)24(5)28-16-22(3)23(4)17-32(28)37-12-14-38(15-13-37)33(42)30-20-39(34(7,8)9)19-29(30)27-11-10-26(35)18-31(27)36/h10-11,16-18,21,24,29-30H,12-15,19-20H2,1-9H3/t24-,29-,30+/m0/s1. The van der Waals surface area contributed by atoms with Gasteiger partial charge in [-0.2, -0.15) is 0 Å². The maximum atomic E-state index is 14.9. The number of carbonyl (C=O) groups excluding carboxylic acids is 2. The highest BCUT2D eigenvalue weighted by Gasteiger charge is 2.44. The molecule has 0 unspecified atom stereocenters. The van der Waals surface area contributed by atoms with Gasteiger partial charge >= 0.3 is 0 Å². The Bertz CT molecular complexity index is 1310. The van der Waals surface area contributed by atoms with Crippen LogP contribution in [0.2, 0.25) is 0 Å². The Morgan fingerprint density at radius 1 is 0.929 bits per heavy atom. The van der Waals surface area contributed by atoms with Crippen LogP contribution in [0.15, 0.2) is 30.3 Å². The van der Waals surface area contributed by atoms with E-state index in [2.05, 4.69) is 63.5 Å². The molecule has 0 spiro atoms. The highest BCUT2D eigenvalue weighted by atomic mass is 19.1. The summed E-state index contributed by atoms with van der Waals surface area (Å²) >= 11 is 0. The van der Waals surface area contributed by atoms with Crippen LogP contribution in [0.5, 0.6) is 0 Å². The fourth-order valence-corrected chi connectivity index (χ4v) is 6.79. The van der Waals surface area contributed by atoms with Crippen LogP contribution in [0.25, 0.3) is 0 Å². The lowest BCUT2D eigenvalue weighted by atomic mass is 9.87. The van der Waals surface area contributed by atoms with Crippen molar-refractivity contribution < 1.29 is 18.4 Å². The maximum Gasteiger partial charge on any atom is 0.227 e. The Hall–Kier alpha value is -3.00. The molecule has 0 N–H and O–H groups in total. The van der Waals surface area contributed by atoms with Gasteiger partial charge in [0, 0.05) is 75.4 Å². The van der Waals surface area contributed by atoms with Crippen molar-refractivity contribution >= 4 is 17.5 Å². The van der Waals surface area contributed by atoms with E-state index in [0.717, 1.165) is 17.3 Å². The van der Waals surface area contributed by atoms with Crippen molar-refractivity contribution in [3.05, 3.63) is 64.2 Å². The van der Waals surface area contributed by atoms with Crippen LogP contribution in [-0.2, 0) is 9.59 Å². The summed E-state index contributed by atoms with van der Waals surface area (Å²) < 4.78 is 28.7. The molecule has 0 saturated carbocycles. The summed E-state index contributed by atoms with van der Waals surface area (Å²) in [6, 6.07) is 8.10. The predicted molar refractivity (Wildman–Crippen MR) is 165 cm³/mol. The molecular weight excluding hydrogens is 534 g/mol. The quantitative estimate of drug-likeness (QED) is 0.415. The zero-order valence-corrected chi connectivity index (χ0v) is 26.8. The van der Waals surface area contributed by atoms with Crippen molar-refractivity contribution in [2.24, 2.45) is 5.92 Å². The first-order valence-electron chi connectivity index (χ1n) is 15.2. The number of amides is 2. The summed E-state index contributed by atoms with van der Waals surface area (Å²) in [4.78, 5) is 35.0. The molecule has 3 atom stereocenters. The van der Waals surface area contributed by atoms with Crippen molar-refractivity contribution in [3.8, 4) is 0 Å². The average molecular weight is 583 g/mol. The van der Waals surface area contributed by atoms with Crippen LogP contribution in [0.3, 0.4) is 0 Å². The SMILES string of the molecule is CC(=O)N(C(C)C)[C@@H](C)c1cc(C)c(C)cc1N1CCN(C(=O)[C@@H]2CN(C(C)(C)C)C[C@H]2c2ccc(F)cc2F)CC1. The third-order valence-corrected chi connectivity index (χ3v) is 9.31. The lowest BCUT2D eigenvalue weighted by Crippen LogP contribution is -2.52.